The van der Waals surface area contributed by atoms with Crippen molar-refractivity contribution in [2.45, 2.75) is 6.92 Å². The van der Waals surface area contributed by atoms with Gasteiger partial charge in [0, 0.05) is 0 Å². The Bertz CT molecular complexity index is 565. The Morgan fingerprint density at radius 2 is 2.12 bits per heavy atom. The second-order valence-electron chi connectivity index (χ2n) is 3.32. The van der Waals surface area contributed by atoms with Crippen molar-refractivity contribution in [1.29, 1.82) is 0 Å². The number of nitrogens with zero attached hydrogens (tertiary/aromatic N) is 2. The van der Waals surface area contributed by atoms with Gasteiger partial charge in [0.2, 0.25) is 5.88 Å². The molecular weight excluding hydrogens is 310 g/mol. The first-order chi connectivity index (χ1) is 8.08. The standard InChI is InChI=1S/C11H7BrClFN2O/c1-6-2-3-7(14)8(4-6)17-11-9(12)10(13)15-5-16-11/h2-5H,1H3. The Balaban J connectivity index is 2.38. The average molecular weight is 318 g/mol. The van der Waals surface area contributed by atoms with Crippen molar-refractivity contribution in [3.8, 4) is 11.6 Å². The van der Waals surface area contributed by atoms with Crippen molar-refractivity contribution < 1.29 is 9.13 Å². The van der Waals surface area contributed by atoms with Gasteiger partial charge in [-0.1, -0.05) is 17.7 Å². The highest BCUT2D eigenvalue weighted by molar-refractivity contribution is 9.10. The van der Waals surface area contributed by atoms with Gasteiger partial charge in [-0.05, 0) is 40.5 Å². The van der Waals surface area contributed by atoms with Gasteiger partial charge in [0.05, 0.1) is 0 Å². The molecule has 2 rings (SSSR count). The molecule has 6 heteroatoms. The fourth-order valence-electron chi connectivity index (χ4n) is 1.20. The second-order valence-corrected chi connectivity index (χ2v) is 4.47. The Labute approximate surface area is 111 Å². The first-order valence-electron chi connectivity index (χ1n) is 4.68. The minimum atomic E-state index is -0.461. The van der Waals surface area contributed by atoms with Crippen molar-refractivity contribution in [3.63, 3.8) is 0 Å². The molecule has 1 aromatic heterocycles. The number of halogens is 3. The lowest BCUT2D eigenvalue weighted by Gasteiger charge is -2.08. The Morgan fingerprint density at radius 3 is 2.88 bits per heavy atom. The minimum Gasteiger partial charge on any atom is -0.435 e. The van der Waals surface area contributed by atoms with Gasteiger partial charge in [-0.2, -0.15) is 0 Å². The molecule has 1 heterocycles. The maximum atomic E-state index is 13.5. The van der Waals surface area contributed by atoms with Gasteiger partial charge < -0.3 is 4.74 Å². The van der Waals surface area contributed by atoms with E-state index in [1.807, 2.05) is 6.92 Å². The number of aryl methyl sites for hydroxylation is 1. The summed E-state index contributed by atoms with van der Waals surface area (Å²) in [5.41, 5.74) is 0.887. The molecule has 0 aliphatic carbocycles. The molecule has 0 bridgehead atoms. The molecule has 0 saturated heterocycles. The Kier molecular flexibility index (Phi) is 3.59. The van der Waals surface area contributed by atoms with Crippen LogP contribution in [0.2, 0.25) is 5.15 Å². The predicted octanol–water partition coefficient (Wildman–Crippen LogP) is 4.13. The van der Waals surface area contributed by atoms with Crippen molar-refractivity contribution >= 4 is 27.5 Å². The van der Waals surface area contributed by atoms with E-state index < -0.39 is 5.82 Å². The molecule has 0 saturated carbocycles. The van der Waals surface area contributed by atoms with Crippen LogP contribution in [-0.2, 0) is 0 Å². The molecule has 0 spiro atoms. The van der Waals surface area contributed by atoms with E-state index in [0.717, 1.165) is 5.56 Å². The third-order valence-electron chi connectivity index (χ3n) is 2.01. The molecule has 0 aliphatic rings. The van der Waals surface area contributed by atoms with Gasteiger partial charge in [0.15, 0.2) is 16.7 Å². The van der Waals surface area contributed by atoms with Crippen LogP contribution in [-0.4, -0.2) is 9.97 Å². The first kappa shape index (κ1) is 12.3. The largest absolute Gasteiger partial charge is 0.435 e. The van der Waals surface area contributed by atoms with Crippen LogP contribution in [0, 0.1) is 12.7 Å². The molecule has 0 radical (unpaired) electrons. The summed E-state index contributed by atoms with van der Waals surface area (Å²) in [7, 11) is 0. The van der Waals surface area contributed by atoms with Gasteiger partial charge in [-0.25, -0.2) is 14.4 Å². The van der Waals surface area contributed by atoms with Gasteiger partial charge in [0.25, 0.3) is 0 Å². The zero-order valence-electron chi connectivity index (χ0n) is 8.75. The summed E-state index contributed by atoms with van der Waals surface area (Å²) >= 11 is 8.96. The van der Waals surface area contributed by atoms with E-state index in [2.05, 4.69) is 25.9 Å². The van der Waals surface area contributed by atoms with Crippen molar-refractivity contribution in [3.05, 3.63) is 45.5 Å². The summed E-state index contributed by atoms with van der Waals surface area (Å²) in [5, 5.41) is 0.211. The lowest BCUT2D eigenvalue weighted by atomic mass is 10.2. The van der Waals surface area contributed by atoms with Crippen molar-refractivity contribution in [2.75, 3.05) is 0 Å². The van der Waals surface area contributed by atoms with Crippen molar-refractivity contribution in [2.24, 2.45) is 0 Å². The molecule has 2 aromatic rings. The van der Waals surface area contributed by atoms with E-state index in [-0.39, 0.29) is 16.8 Å². The number of benzene rings is 1. The molecule has 0 atom stereocenters. The van der Waals surface area contributed by atoms with E-state index in [1.54, 1.807) is 12.1 Å². The summed E-state index contributed by atoms with van der Waals surface area (Å²) in [6, 6.07) is 4.57. The first-order valence-corrected chi connectivity index (χ1v) is 5.85. The highest BCUT2D eigenvalue weighted by Crippen LogP contribution is 2.32. The van der Waals surface area contributed by atoms with E-state index in [1.165, 1.54) is 12.4 Å². The summed E-state index contributed by atoms with van der Waals surface area (Å²) < 4.78 is 19.2. The lowest BCUT2D eigenvalue weighted by Crippen LogP contribution is -1.94. The average Bonchev–Trinajstić information content (AvgIpc) is 2.30. The quantitative estimate of drug-likeness (QED) is 0.781. The molecule has 17 heavy (non-hydrogen) atoms. The van der Waals surface area contributed by atoms with Crippen molar-refractivity contribution in [1.82, 2.24) is 9.97 Å². The highest BCUT2D eigenvalue weighted by Gasteiger charge is 2.11. The van der Waals surface area contributed by atoms with Crippen LogP contribution in [0.15, 0.2) is 29.0 Å². The molecule has 0 fully saturated rings. The molecular formula is C11H7BrClFN2O. The maximum Gasteiger partial charge on any atom is 0.238 e. The predicted molar refractivity (Wildman–Crippen MR) is 66.0 cm³/mol. The normalized spacial score (nSPS) is 10.4. The minimum absolute atomic E-state index is 0.0977. The summed E-state index contributed by atoms with van der Waals surface area (Å²) in [5.74, 6) is -0.188. The van der Waals surface area contributed by atoms with Gasteiger partial charge in [0.1, 0.15) is 10.8 Å². The van der Waals surface area contributed by atoms with Gasteiger partial charge in [-0.3, -0.25) is 0 Å². The van der Waals surface area contributed by atoms with Crippen LogP contribution in [0.4, 0.5) is 4.39 Å². The molecule has 0 amide bonds. The van der Waals surface area contributed by atoms with Crippen LogP contribution >= 0.6 is 27.5 Å². The Morgan fingerprint density at radius 1 is 1.35 bits per heavy atom. The number of rotatable bonds is 2. The third kappa shape index (κ3) is 2.73. The van der Waals surface area contributed by atoms with Crippen LogP contribution < -0.4 is 4.74 Å². The molecule has 0 N–H and O–H groups in total. The van der Waals surface area contributed by atoms with Gasteiger partial charge in [-0.15, -0.1) is 0 Å². The smallest absolute Gasteiger partial charge is 0.238 e. The SMILES string of the molecule is Cc1ccc(F)c(Oc2ncnc(Cl)c2Br)c1. The van der Waals surface area contributed by atoms with Crippen LogP contribution in [0.25, 0.3) is 0 Å². The van der Waals surface area contributed by atoms with E-state index >= 15 is 0 Å². The zero-order valence-corrected chi connectivity index (χ0v) is 11.1. The molecule has 88 valence electrons. The van der Waals surface area contributed by atoms with E-state index in [4.69, 9.17) is 16.3 Å². The fraction of sp³-hybridized carbons (Fsp3) is 0.0909. The number of hydrogen-bond acceptors (Lipinski definition) is 3. The van der Waals surface area contributed by atoms with Crippen LogP contribution in [0.3, 0.4) is 0 Å². The highest BCUT2D eigenvalue weighted by atomic mass is 79.9. The monoisotopic (exact) mass is 316 g/mol. The van der Waals surface area contributed by atoms with E-state index in [9.17, 15) is 4.39 Å². The summed E-state index contributed by atoms with van der Waals surface area (Å²) in [6.45, 7) is 1.84. The van der Waals surface area contributed by atoms with Crippen LogP contribution in [0.1, 0.15) is 5.56 Å². The number of aromatic nitrogens is 2. The topological polar surface area (TPSA) is 35.0 Å². The number of ether oxygens (including phenoxy) is 1. The van der Waals surface area contributed by atoms with Gasteiger partial charge >= 0.3 is 0 Å². The molecule has 0 aliphatic heterocycles. The van der Waals surface area contributed by atoms with Crippen LogP contribution in [0.5, 0.6) is 11.6 Å². The second kappa shape index (κ2) is 4.98. The zero-order chi connectivity index (χ0) is 12.4. The maximum absolute atomic E-state index is 13.5. The molecule has 1 aromatic carbocycles. The fourth-order valence-corrected chi connectivity index (χ4v) is 1.61. The molecule has 0 unspecified atom stereocenters. The van der Waals surface area contributed by atoms with E-state index in [0.29, 0.717) is 4.47 Å². The molecule has 3 nitrogen and oxygen atoms in total. The summed E-state index contributed by atoms with van der Waals surface area (Å²) in [6.07, 6.45) is 1.25. The summed E-state index contributed by atoms with van der Waals surface area (Å²) in [4.78, 5) is 7.63. The third-order valence-corrected chi connectivity index (χ3v) is 3.24. The Hall–Kier alpha value is -1.20. The number of hydrogen-bond donors (Lipinski definition) is 0. The lowest BCUT2D eigenvalue weighted by molar-refractivity contribution is 0.423.